The minimum Gasteiger partial charge on any atom is -0.461 e. The van der Waals surface area contributed by atoms with Crippen molar-refractivity contribution in [1.82, 2.24) is 41.2 Å². The maximum Gasteiger partial charge on any atom is 0.408 e. The zero-order valence-electron chi connectivity index (χ0n) is 30.2. The number of thiazole rings is 4. The van der Waals surface area contributed by atoms with Crippen molar-refractivity contribution < 1.29 is 33.4 Å². The number of esters is 1. The first kappa shape index (κ1) is 40.4. The van der Waals surface area contributed by atoms with Gasteiger partial charge in [-0.15, -0.1) is 45.3 Å². The van der Waals surface area contributed by atoms with Gasteiger partial charge in [-0.25, -0.2) is 29.5 Å². The van der Waals surface area contributed by atoms with Gasteiger partial charge in [0, 0.05) is 21.5 Å². The molecule has 0 unspecified atom stereocenters. The topological polar surface area (TPSA) is 203 Å². The standard InChI is InChI=1S/C33H42N8O7S4/c1-10-47-31(45)22-14-52-30(40-22)23(15(2)3)41-26(44)21-13-50-28(39-21)17(5)35-24(42)19-11-49-27(37-19)16(4)34-25(43)20-12-51-29(38-20)18(6)36-32(46)48-33(7,8)9/h11-18,23H,10H2,1-9H3,(H,34,43)(H,35,42)(H,36,46)(H,41,44)/t16-,17-,18-,23-/m0/s1. The average molecular weight is 791 g/mol. The molecule has 4 aromatic heterocycles. The molecule has 4 N–H and O–H groups in total. The van der Waals surface area contributed by atoms with Gasteiger partial charge in [-0.2, -0.15) is 0 Å². The van der Waals surface area contributed by atoms with E-state index in [1.54, 1.807) is 70.0 Å². The molecule has 0 aromatic carbocycles. The highest BCUT2D eigenvalue weighted by molar-refractivity contribution is 7.10. The van der Waals surface area contributed by atoms with Crippen LogP contribution in [0, 0.1) is 5.92 Å². The van der Waals surface area contributed by atoms with E-state index in [2.05, 4.69) is 41.2 Å². The van der Waals surface area contributed by atoms with Gasteiger partial charge in [-0.05, 0) is 54.4 Å². The molecular weight excluding hydrogens is 749 g/mol. The summed E-state index contributed by atoms with van der Waals surface area (Å²) < 4.78 is 10.3. The number of carbonyl (C=O) groups is 5. The second kappa shape index (κ2) is 17.5. The summed E-state index contributed by atoms with van der Waals surface area (Å²) in [5.41, 5.74) is 0.105. The summed E-state index contributed by atoms with van der Waals surface area (Å²) in [5, 5.41) is 20.0. The lowest BCUT2D eigenvalue weighted by atomic mass is 10.1. The molecule has 15 nitrogen and oxygen atoms in total. The first-order valence-electron chi connectivity index (χ1n) is 16.4. The number of aromatic nitrogens is 4. The number of hydrogen-bond acceptors (Lipinski definition) is 15. The highest BCUT2D eigenvalue weighted by atomic mass is 32.1. The van der Waals surface area contributed by atoms with E-state index in [1.807, 2.05) is 13.8 Å². The third kappa shape index (κ3) is 10.8. The molecule has 4 amide bonds. The lowest BCUT2D eigenvalue weighted by molar-refractivity contribution is 0.0501. The molecule has 0 spiro atoms. The number of carbonyl (C=O) groups excluding carboxylic acids is 5. The van der Waals surface area contributed by atoms with Crippen molar-refractivity contribution in [1.29, 1.82) is 0 Å². The van der Waals surface area contributed by atoms with Crippen LogP contribution in [0.4, 0.5) is 4.79 Å². The number of ether oxygens (including phenoxy) is 2. The van der Waals surface area contributed by atoms with Crippen LogP contribution >= 0.6 is 45.3 Å². The summed E-state index contributed by atoms with van der Waals surface area (Å²) in [6.07, 6.45) is -0.580. The van der Waals surface area contributed by atoms with Crippen LogP contribution < -0.4 is 21.3 Å². The summed E-state index contributed by atoms with van der Waals surface area (Å²) in [6.45, 7) is 16.4. The van der Waals surface area contributed by atoms with Crippen molar-refractivity contribution in [3.8, 4) is 0 Å². The second-order valence-corrected chi connectivity index (χ2v) is 16.5. The van der Waals surface area contributed by atoms with Gasteiger partial charge in [0.2, 0.25) is 0 Å². The quantitative estimate of drug-likeness (QED) is 0.103. The normalized spacial score (nSPS) is 13.8. The fraction of sp³-hybridized carbons (Fsp3) is 0.485. The van der Waals surface area contributed by atoms with Crippen molar-refractivity contribution in [3.63, 3.8) is 0 Å². The summed E-state index contributed by atoms with van der Waals surface area (Å²) in [4.78, 5) is 81.0. The van der Waals surface area contributed by atoms with E-state index in [-0.39, 0.29) is 35.3 Å². The van der Waals surface area contributed by atoms with Crippen LogP contribution in [0.5, 0.6) is 0 Å². The molecular formula is C33H42N8O7S4. The SMILES string of the molecule is CCOC(=O)c1csc([C@@H](NC(=O)c2csc([C@H](C)NC(=O)c3csc([C@H](C)NC(=O)c4csc([C@H](C)NC(=O)OC(C)(C)C)n4)n3)n2)C(C)C)n1. The van der Waals surface area contributed by atoms with E-state index in [1.165, 1.54) is 45.3 Å². The van der Waals surface area contributed by atoms with Crippen molar-refractivity contribution >= 4 is 75.1 Å². The van der Waals surface area contributed by atoms with Crippen LogP contribution in [0.25, 0.3) is 0 Å². The number of nitrogens with one attached hydrogen (secondary N) is 4. The van der Waals surface area contributed by atoms with E-state index in [0.717, 1.165) is 0 Å². The molecule has 4 atom stereocenters. The van der Waals surface area contributed by atoms with Gasteiger partial charge < -0.3 is 30.7 Å². The highest BCUT2D eigenvalue weighted by Gasteiger charge is 2.27. The number of nitrogens with zero attached hydrogens (tertiary/aromatic N) is 4. The molecule has 0 radical (unpaired) electrons. The smallest absolute Gasteiger partial charge is 0.408 e. The van der Waals surface area contributed by atoms with Gasteiger partial charge in [-0.3, -0.25) is 14.4 Å². The van der Waals surface area contributed by atoms with Gasteiger partial charge in [-0.1, -0.05) is 13.8 Å². The van der Waals surface area contributed by atoms with E-state index in [9.17, 15) is 24.0 Å². The molecule has 52 heavy (non-hydrogen) atoms. The first-order valence-corrected chi connectivity index (χ1v) is 19.9. The van der Waals surface area contributed by atoms with E-state index >= 15 is 0 Å². The minimum atomic E-state index is -0.643. The fourth-order valence-corrected chi connectivity index (χ4v) is 7.87. The van der Waals surface area contributed by atoms with E-state index < -0.39 is 59.6 Å². The molecule has 4 rings (SSSR count). The van der Waals surface area contributed by atoms with Crippen LogP contribution in [-0.2, 0) is 9.47 Å². The molecule has 4 heterocycles. The number of amides is 4. The summed E-state index contributed by atoms with van der Waals surface area (Å²) in [6, 6.07) is -1.96. The third-order valence-corrected chi connectivity index (χ3v) is 11.0. The predicted molar refractivity (Wildman–Crippen MR) is 199 cm³/mol. The predicted octanol–water partition coefficient (Wildman–Crippen LogP) is 6.38. The highest BCUT2D eigenvalue weighted by Crippen LogP contribution is 2.27. The molecule has 0 saturated carbocycles. The largest absolute Gasteiger partial charge is 0.461 e. The number of alkyl carbamates (subject to hydrolysis) is 1. The van der Waals surface area contributed by atoms with Gasteiger partial charge in [0.15, 0.2) is 5.69 Å². The monoisotopic (exact) mass is 790 g/mol. The Morgan fingerprint density at radius 1 is 0.615 bits per heavy atom. The van der Waals surface area contributed by atoms with Gasteiger partial charge >= 0.3 is 12.1 Å². The Bertz CT molecular complexity index is 1890. The summed E-state index contributed by atoms with van der Waals surface area (Å²) >= 11 is 4.96. The van der Waals surface area contributed by atoms with Crippen molar-refractivity contribution in [2.75, 3.05) is 6.61 Å². The Kier molecular flexibility index (Phi) is 13.6. The van der Waals surface area contributed by atoms with Crippen LogP contribution in [0.15, 0.2) is 21.5 Å². The number of rotatable bonds is 14. The minimum absolute atomic E-state index is 0.0238. The molecule has 0 aliphatic carbocycles. The molecule has 0 saturated heterocycles. The average Bonchev–Trinajstić information content (AvgIpc) is 3.89. The Labute approximate surface area is 317 Å². The summed E-state index contributed by atoms with van der Waals surface area (Å²) in [7, 11) is 0. The molecule has 0 fully saturated rings. The maximum atomic E-state index is 13.2. The molecule has 4 aromatic rings. The molecule has 0 bridgehead atoms. The Balaban J connectivity index is 1.31. The van der Waals surface area contributed by atoms with Crippen LogP contribution in [-0.4, -0.2) is 61.9 Å². The zero-order chi connectivity index (χ0) is 38.3. The Hall–Kier alpha value is -4.33. The second-order valence-electron chi connectivity index (χ2n) is 13.0. The van der Waals surface area contributed by atoms with Crippen LogP contribution in [0.2, 0.25) is 0 Å². The van der Waals surface area contributed by atoms with Crippen LogP contribution in [0.1, 0.15) is 148 Å². The van der Waals surface area contributed by atoms with Gasteiger partial charge in [0.25, 0.3) is 17.7 Å². The molecule has 0 aliphatic heterocycles. The number of hydrogen-bond donors (Lipinski definition) is 4. The van der Waals surface area contributed by atoms with E-state index in [4.69, 9.17) is 9.47 Å². The van der Waals surface area contributed by atoms with Crippen molar-refractivity contribution in [3.05, 3.63) is 64.3 Å². The van der Waals surface area contributed by atoms with Crippen molar-refractivity contribution in [2.24, 2.45) is 5.92 Å². The fourth-order valence-electron chi connectivity index (χ4n) is 4.44. The van der Waals surface area contributed by atoms with Crippen LogP contribution in [0.3, 0.4) is 0 Å². The van der Waals surface area contributed by atoms with Crippen molar-refractivity contribution in [2.45, 2.75) is 92.1 Å². The zero-order valence-corrected chi connectivity index (χ0v) is 33.4. The maximum absolute atomic E-state index is 13.2. The lowest BCUT2D eigenvalue weighted by Gasteiger charge is -2.21. The molecule has 280 valence electrons. The van der Waals surface area contributed by atoms with Gasteiger partial charge in [0.1, 0.15) is 42.7 Å². The molecule has 19 heteroatoms. The first-order chi connectivity index (χ1) is 24.4. The Morgan fingerprint density at radius 2 is 1.00 bits per heavy atom. The molecule has 0 aliphatic rings. The van der Waals surface area contributed by atoms with Gasteiger partial charge in [0.05, 0.1) is 30.8 Å². The Morgan fingerprint density at radius 3 is 1.42 bits per heavy atom. The summed E-state index contributed by atoms with van der Waals surface area (Å²) in [5.74, 6) is -1.81. The lowest BCUT2D eigenvalue weighted by Crippen LogP contribution is -2.34. The third-order valence-electron chi connectivity index (χ3n) is 7.03. The van der Waals surface area contributed by atoms with E-state index in [0.29, 0.717) is 20.0 Å².